The molecule has 2 rings (SSSR count). The Bertz CT molecular complexity index is 758. The molecule has 0 aliphatic carbocycles. The average molecular weight is 429 g/mol. The minimum absolute atomic E-state index is 0.0755. The Morgan fingerprint density at radius 2 is 1.07 bits per heavy atom. The third kappa shape index (κ3) is 7.03. The molecule has 0 saturated carbocycles. The van der Waals surface area contributed by atoms with Crippen LogP contribution < -0.4 is 16.1 Å². The Hall–Kier alpha value is -2.05. The molecule has 1 aliphatic heterocycles. The van der Waals surface area contributed by atoms with Crippen molar-refractivity contribution in [3.05, 3.63) is 26.4 Å². The normalized spacial score (nSPS) is 19.1. The second-order valence-electron chi connectivity index (χ2n) is 6.61. The van der Waals surface area contributed by atoms with Crippen LogP contribution in [-0.4, -0.2) is 94.6 Å². The van der Waals surface area contributed by atoms with Crippen molar-refractivity contribution in [3.8, 4) is 0 Å². The molecule has 1 aliphatic rings. The van der Waals surface area contributed by atoms with E-state index in [1.165, 1.54) is 18.7 Å². The molecule has 1 aromatic rings. The summed E-state index contributed by atoms with van der Waals surface area (Å²) in [5.41, 5.74) is -1.22. The number of carbonyl (C=O) groups excluding carboxylic acids is 1. The van der Waals surface area contributed by atoms with E-state index < -0.39 is 11.2 Å². The third-order valence-corrected chi connectivity index (χ3v) is 4.58. The van der Waals surface area contributed by atoms with E-state index in [0.29, 0.717) is 85.4 Å². The van der Waals surface area contributed by atoms with Gasteiger partial charge in [-0.05, 0) is 0 Å². The van der Waals surface area contributed by atoms with Crippen LogP contribution in [0, 0.1) is 0 Å². The van der Waals surface area contributed by atoms with Crippen LogP contribution in [0.4, 0.5) is 5.82 Å². The van der Waals surface area contributed by atoms with Gasteiger partial charge >= 0.3 is 5.69 Å². The highest BCUT2D eigenvalue weighted by Gasteiger charge is 2.20. The van der Waals surface area contributed by atoms with Gasteiger partial charge < -0.3 is 28.6 Å². The summed E-state index contributed by atoms with van der Waals surface area (Å²) < 4.78 is 29.7. The predicted octanol–water partition coefficient (Wildman–Crippen LogP) is -1.20. The van der Waals surface area contributed by atoms with Crippen molar-refractivity contribution in [1.82, 2.24) is 9.13 Å². The number of hydrogen-bond donors (Lipinski definition) is 0. The zero-order valence-corrected chi connectivity index (χ0v) is 17.7. The summed E-state index contributed by atoms with van der Waals surface area (Å²) >= 11 is 0. The summed E-state index contributed by atoms with van der Waals surface area (Å²) in [6.07, 6.45) is 0.480. The molecule has 170 valence electrons. The van der Waals surface area contributed by atoms with E-state index in [0.717, 1.165) is 4.57 Å². The molecule has 1 saturated heterocycles. The highest BCUT2D eigenvalue weighted by Crippen LogP contribution is 2.13. The molecule has 1 aromatic heterocycles. The molecule has 0 unspecified atom stereocenters. The summed E-state index contributed by atoms with van der Waals surface area (Å²) in [5.74, 6) is 0.254. The number of aldehydes is 1. The van der Waals surface area contributed by atoms with Crippen LogP contribution in [0.1, 0.15) is 10.4 Å². The maximum Gasteiger partial charge on any atom is 0.332 e. The fraction of sp³-hybridized carbons (Fsp3) is 0.737. The number of anilines is 1. The topological polar surface area (TPSA) is 110 Å². The lowest BCUT2D eigenvalue weighted by Gasteiger charge is -2.27. The fourth-order valence-corrected chi connectivity index (χ4v) is 3.00. The van der Waals surface area contributed by atoms with Gasteiger partial charge in [0.25, 0.3) is 5.56 Å². The largest absolute Gasteiger partial charge is 0.377 e. The summed E-state index contributed by atoms with van der Waals surface area (Å²) in [5, 5.41) is 0. The molecule has 1 fully saturated rings. The molecule has 30 heavy (non-hydrogen) atoms. The van der Waals surface area contributed by atoms with Crippen molar-refractivity contribution >= 4 is 12.1 Å². The first-order chi connectivity index (χ1) is 14.6. The monoisotopic (exact) mass is 429 g/mol. The van der Waals surface area contributed by atoms with Gasteiger partial charge in [0.05, 0.1) is 66.1 Å². The van der Waals surface area contributed by atoms with Crippen LogP contribution >= 0.6 is 0 Å². The van der Waals surface area contributed by atoms with Crippen LogP contribution in [0.3, 0.4) is 0 Å². The Balaban J connectivity index is 2.14. The Morgan fingerprint density at radius 3 is 1.47 bits per heavy atom. The molecular formula is C19H31N3O8. The Morgan fingerprint density at radius 1 is 0.667 bits per heavy atom. The van der Waals surface area contributed by atoms with E-state index in [9.17, 15) is 14.4 Å². The van der Waals surface area contributed by atoms with Crippen molar-refractivity contribution in [2.24, 2.45) is 14.1 Å². The number of carbonyl (C=O) groups is 1. The molecule has 11 nitrogen and oxygen atoms in total. The van der Waals surface area contributed by atoms with Crippen molar-refractivity contribution in [2.45, 2.75) is 0 Å². The molecule has 0 bridgehead atoms. The molecule has 0 radical (unpaired) electrons. The summed E-state index contributed by atoms with van der Waals surface area (Å²) in [4.78, 5) is 38.2. The van der Waals surface area contributed by atoms with Crippen LogP contribution in [0.5, 0.6) is 0 Å². The van der Waals surface area contributed by atoms with Crippen molar-refractivity contribution < 1.29 is 28.5 Å². The molecule has 0 aromatic carbocycles. The lowest BCUT2D eigenvalue weighted by molar-refractivity contribution is -0.0116. The number of ether oxygens (including phenoxy) is 5. The average Bonchev–Trinajstić information content (AvgIpc) is 2.75. The molecular weight excluding hydrogens is 398 g/mol. The van der Waals surface area contributed by atoms with E-state index in [1.54, 1.807) is 4.90 Å². The smallest absolute Gasteiger partial charge is 0.332 e. The van der Waals surface area contributed by atoms with E-state index >= 15 is 0 Å². The first-order valence-electron chi connectivity index (χ1n) is 9.96. The van der Waals surface area contributed by atoms with Crippen molar-refractivity contribution in [1.29, 1.82) is 0 Å². The van der Waals surface area contributed by atoms with Gasteiger partial charge in [0.1, 0.15) is 11.4 Å². The summed E-state index contributed by atoms with van der Waals surface area (Å²) in [7, 11) is 2.87. The molecule has 11 heteroatoms. The zero-order valence-electron chi connectivity index (χ0n) is 17.7. The molecule has 2 heterocycles. The zero-order chi connectivity index (χ0) is 21.8. The second kappa shape index (κ2) is 13.3. The minimum atomic E-state index is -0.631. The van der Waals surface area contributed by atoms with Crippen LogP contribution in [0.15, 0.2) is 9.59 Å². The number of hydrogen-bond acceptors (Lipinski definition) is 9. The number of aromatic nitrogens is 2. The van der Waals surface area contributed by atoms with Crippen molar-refractivity contribution in [3.63, 3.8) is 0 Å². The molecule has 0 amide bonds. The Kier molecular flexibility index (Phi) is 10.7. The molecule has 0 atom stereocenters. The lowest BCUT2D eigenvalue weighted by Crippen LogP contribution is -2.44. The second-order valence-corrected chi connectivity index (χ2v) is 6.61. The SMILES string of the molecule is Cn1c(N2CCOCCOCCOCCOCCOCC2)c(C=O)c(=O)n(C)c1=O. The van der Waals surface area contributed by atoms with Gasteiger partial charge in [-0.25, -0.2) is 4.79 Å². The fourth-order valence-electron chi connectivity index (χ4n) is 3.00. The van der Waals surface area contributed by atoms with Gasteiger partial charge in [-0.1, -0.05) is 0 Å². The van der Waals surface area contributed by atoms with Gasteiger partial charge in [-0.2, -0.15) is 0 Å². The summed E-state index contributed by atoms with van der Waals surface area (Å²) in [6.45, 7) is 4.92. The van der Waals surface area contributed by atoms with Gasteiger partial charge in [0, 0.05) is 27.2 Å². The van der Waals surface area contributed by atoms with Crippen molar-refractivity contribution in [2.75, 3.05) is 84.1 Å². The molecule has 0 N–H and O–H groups in total. The van der Waals surface area contributed by atoms with Gasteiger partial charge in [0.2, 0.25) is 0 Å². The predicted molar refractivity (Wildman–Crippen MR) is 109 cm³/mol. The highest BCUT2D eigenvalue weighted by molar-refractivity contribution is 5.82. The van der Waals surface area contributed by atoms with E-state index in [4.69, 9.17) is 23.7 Å². The highest BCUT2D eigenvalue weighted by atomic mass is 16.6. The maximum absolute atomic E-state index is 12.4. The number of rotatable bonds is 2. The number of nitrogens with zero attached hydrogens (tertiary/aromatic N) is 3. The van der Waals surface area contributed by atoms with E-state index in [2.05, 4.69) is 0 Å². The van der Waals surface area contributed by atoms with Crippen LogP contribution in [0.25, 0.3) is 0 Å². The standard InChI is InChI=1S/C19H31N3O8/c1-20-17(16(15-23)18(24)21(2)19(20)25)22-3-5-26-7-9-28-11-13-30-14-12-29-10-8-27-6-4-22/h15H,3-14H2,1-2H3. The minimum Gasteiger partial charge on any atom is -0.377 e. The molecule has 0 spiro atoms. The van der Waals surface area contributed by atoms with Gasteiger partial charge in [-0.15, -0.1) is 0 Å². The first-order valence-corrected chi connectivity index (χ1v) is 9.96. The van der Waals surface area contributed by atoms with Crippen LogP contribution in [-0.2, 0) is 37.8 Å². The third-order valence-electron chi connectivity index (χ3n) is 4.58. The maximum atomic E-state index is 12.4. The van der Waals surface area contributed by atoms with Gasteiger partial charge in [-0.3, -0.25) is 18.7 Å². The van der Waals surface area contributed by atoms with E-state index in [1.807, 2.05) is 0 Å². The van der Waals surface area contributed by atoms with Crippen LogP contribution in [0.2, 0.25) is 0 Å². The van der Waals surface area contributed by atoms with E-state index in [-0.39, 0.29) is 11.4 Å². The lowest BCUT2D eigenvalue weighted by atomic mass is 10.3. The summed E-state index contributed by atoms with van der Waals surface area (Å²) in [6, 6.07) is 0. The first kappa shape index (κ1) is 24.2. The quantitative estimate of drug-likeness (QED) is 0.535. The Labute approximate surface area is 175 Å². The van der Waals surface area contributed by atoms with Gasteiger partial charge in [0.15, 0.2) is 6.29 Å².